The monoisotopic (exact) mass is 223 g/mol. The molecule has 7 heteroatoms. The molecule has 86 valence electrons. The molecule has 0 saturated carbocycles. The average Bonchev–Trinajstić information content (AvgIpc) is 2.68. The Balaban J connectivity index is 2.95. The van der Waals surface area contributed by atoms with Gasteiger partial charge in [0.05, 0.1) is 13.0 Å². The molecule has 0 saturated heterocycles. The first kappa shape index (κ1) is 10.6. The minimum Gasteiger partial charge on any atom is -0.311 e. The van der Waals surface area contributed by atoms with Crippen LogP contribution in [-0.4, -0.2) is 25.7 Å². The van der Waals surface area contributed by atoms with Crippen molar-refractivity contribution in [2.45, 2.75) is 6.67 Å². The van der Waals surface area contributed by atoms with Gasteiger partial charge in [0, 0.05) is 14.1 Å². The smallest absolute Gasteiger partial charge is 0.311 e. The predicted octanol–water partition coefficient (Wildman–Crippen LogP) is -1.39. The van der Waals surface area contributed by atoms with Crippen LogP contribution < -0.4 is 16.6 Å². The van der Waals surface area contributed by atoms with Gasteiger partial charge in [0.1, 0.15) is 0 Å². The minimum atomic E-state index is -0.368. The van der Waals surface area contributed by atoms with Crippen LogP contribution in [0.5, 0.6) is 0 Å². The normalized spacial score (nSPS) is 11.2. The maximum Gasteiger partial charge on any atom is 0.332 e. The van der Waals surface area contributed by atoms with Crippen molar-refractivity contribution in [2.75, 3.05) is 7.05 Å². The summed E-state index contributed by atoms with van der Waals surface area (Å²) in [4.78, 5) is 27.6. The topological polar surface area (TPSA) is 73.8 Å². The number of fused-ring (bicyclic) bond motifs is 1. The highest BCUT2D eigenvalue weighted by atomic mass is 16.2. The van der Waals surface area contributed by atoms with Gasteiger partial charge in [-0.1, -0.05) is 0 Å². The van der Waals surface area contributed by atoms with Crippen LogP contribution in [-0.2, 0) is 20.8 Å². The Morgan fingerprint density at radius 2 is 2.00 bits per heavy atom. The molecule has 0 aliphatic rings. The summed E-state index contributed by atoms with van der Waals surface area (Å²) in [6.45, 7) is 0.476. The van der Waals surface area contributed by atoms with E-state index in [0.29, 0.717) is 17.8 Å². The highest BCUT2D eigenvalue weighted by Gasteiger charge is 2.13. The zero-order valence-corrected chi connectivity index (χ0v) is 9.39. The van der Waals surface area contributed by atoms with Crippen LogP contribution in [0, 0.1) is 0 Å². The molecule has 0 atom stereocenters. The second-order valence-corrected chi connectivity index (χ2v) is 3.60. The summed E-state index contributed by atoms with van der Waals surface area (Å²) >= 11 is 0. The summed E-state index contributed by atoms with van der Waals surface area (Å²) < 4.78 is 4.12. The number of nitrogens with one attached hydrogen (secondary N) is 1. The highest BCUT2D eigenvalue weighted by Crippen LogP contribution is 2.03. The second kappa shape index (κ2) is 3.60. The van der Waals surface area contributed by atoms with E-state index < -0.39 is 0 Å². The largest absolute Gasteiger partial charge is 0.332 e. The SMILES string of the molecule is CNCn1cnc2c1c(=O)n(C)c(=O)n2C. The van der Waals surface area contributed by atoms with E-state index in [1.165, 1.54) is 11.6 Å². The van der Waals surface area contributed by atoms with Gasteiger partial charge in [-0.3, -0.25) is 13.9 Å². The summed E-state index contributed by atoms with van der Waals surface area (Å²) in [6, 6.07) is 0. The molecule has 0 radical (unpaired) electrons. The lowest BCUT2D eigenvalue weighted by atomic mass is 10.5. The maximum absolute atomic E-state index is 11.9. The Bertz CT molecular complexity index is 648. The lowest BCUT2D eigenvalue weighted by Crippen LogP contribution is -2.37. The molecule has 0 bridgehead atoms. The molecule has 0 unspecified atom stereocenters. The molecule has 0 aliphatic carbocycles. The van der Waals surface area contributed by atoms with Crippen LogP contribution in [0.15, 0.2) is 15.9 Å². The van der Waals surface area contributed by atoms with E-state index in [2.05, 4.69) is 10.3 Å². The molecular weight excluding hydrogens is 210 g/mol. The summed E-state index contributed by atoms with van der Waals surface area (Å²) in [7, 11) is 4.83. The van der Waals surface area contributed by atoms with E-state index in [4.69, 9.17) is 0 Å². The number of aryl methyl sites for hydroxylation is 1. The van der Waals surface area contributed by atoms with Crippen LogP contribution in [0.3, 0.4) is 0 Å². The van der Waals surface area contributed by atoms with Crippen molar-refractivity contribution in [3.63, 3.8) is 0 Å². The van der Waals surface area contributed by atoms with Gasteiger partial charge in [0.2, 0.25) is 0 Å². The Morgan fingerprint density at radius 1 is 1.31 bits per heavy atom. The molecule has 0 fully saturated rings. The van der Waals surface area contributed by atoms with Crippen molar-refractivity contribution in [3.8, 4) is 0 Å². The van der Waals surface area contributed by atoms with Crippen LogP contribution >= 0.6 is 0 Å². The van der Waals surface area contributed by atoms with Gasteiger partial charge in [-0.15, -0.1) is 0 Å². The minimum absolute atomic E-state index is 0.328. The Hall–Kier alpha value is -1.89. The Kier molecular flexibility index (Phi) is 2.39. The zero-order valence-electron chi connectivity index (χ0n) is 9.39. The first-order chi connectivity index (χ1) is 7.57. The molecule has 7 nitrogen and oxygen atoms in total. The molecule has 0 amide bonds. The van der Waals surface area contributed by atoms with Crippen molar-refractivity contribution in [1.82, 2.24) is 24.0 Å². The van der Waals surface area contributed by atoms with Gasteiger partial charge in [-0.05, 0) is 7.05 Å². The molecule has 16 heavy (non-hydrogen) atoms. The van der Waals surface area contributed by atoms with E-state index in [0.717, 1.165) is 4.57 Å². The van der Waals surface area contributed by atoms with Gasteiger partial charge in [0.25, 0.3) is 5.56 Å². The van der Waals surface area contributed by atoms with E-state index in [-0.39, 0.29) is 11.2 Å². The van der Waals surface area contributed by atoms with Gasteiger partial charge in [0.15, 0.2) is 11.2 Å². The number of hydrogen-bond donors (Lipinski definition) is 1. The number of rotatable bonds is 2. The number of aromatic nitrogens is 4. The van der Waals surface area contributed by atoms with Crippen LogP contribution in [0.25, 0.3) is 11.2 Å². The van der Waals surface area contributed by atoms with Gasteiger partial charge >= 0.3 is 5.69 Å². The lowest BCUT2D eigenvalue weighted by molar-refractivity contribution is 0.625. The fourth-order valence-electron chi connectivity index (χ4n) is 1.69. The molecule has 0 aromatic carbocycles. The molecule has 0 aliphatic heterocycles. The van der Waals surface area contributed by atoms with Gasteiger partial charge < -0.3 is 9.88 Å². The highest BCUT2D eigenvalue weighted by molar-refractivity contribution is 5.69. The van der Waals surface area contributed by atoms with Crippen LogP contribution in [0.4, 0.5) is 0 Å². The second-order valence-electron chi connectivity index (χ2n) is 3.60. The number of nitrogens with zero attached hydrogens (tertiary/aromatic N) is 4. The first-order valence-corrected chi connectivity index (χ1v) is 4.83. The van der Waals surface area contributed by atoms with Crippen molar-refractivity contribution >= 4 is 11.2 Å². The number of imidazole rings is 1. The van der Waals surface area contributed by atoms with Crippen LogP contribution in [0.2, 0.25) is 0 Å². The van der Waals surface area contributed by atoms with Crippen molar-refractivity contribution in [3.05, 3.63) is 27.2 Å². The average molecular weight is 223 g/mol. The molecular formula is C9H13N5O2. The van der Waals surface area contributed by atoms with E-state index >= 15 is 0 Å². The van der Waals surface area contributed by atoms with E-state index in [1.807, 2.05) is 0 Å². The lowest BCUT2D eigenvalue weighted by Gasteiger charge is -2.05. The Labute approximate surface area is 90.9 Å². The standard InChI is InChI=1S/C9H13N5O2/c1-10-4-14-5-11-7-6(14)8(15)13(3)9(16)12(7)2/h5,10H,4H2,1-3H3. The molecule has 2 rings (SSSR count). The molecule has 0 spiro atoms. The van der Waals surface area contributed by atoms with Crippen molar-refractivity contribution < 1.29 is 0 Å². The summed E-state index contributed by atoms with van der Waals surface area (Å²) in [5.74, 6) is 0. The predicted molar refractivity (Wildman–Crippen MR) is 59.3 cm³/mol. The fourth-order valence-corrected chi connectivity index (χ4v) is 1.69. The third-order valence-corrected chi connectivity index (χ3v) is 2.55. The fraction of sp³-hybridized carbons (Fsp3) is 0.444. The number of hydrogen-bond acceptors (Lipinski definition) is 4. The first-order valence-electron chi connectivity index (χ1n) is 4.83. The van der Waals surface area contributed by atoms with Crippen molar-refractivity contribution in [2.24, 2.45) is 14.1 Å². The Morgan fingerprint density at radius 3 is 2.62 bits per heavy atom. The maximum atomic E-state index is 11.9. The molecule has 2 aromatic rings. The third-order valence-electron chi connectivity index (χ3n) is 2.55. The summed E-state index contributed by atoms with van der Waals surface area (Å²) in [5, 5.41) is 2.93. The molecule has 2 heterocycles. The van der Waals surface area contributed by atoms with E-state index in [1.54, 1.807) is 25.0 Å². The molecule has 1 N–H and O–H groups in total. The van der Waals surface area contributed by atoms with E-state index in [9.17, 15) is 9.59 Å². The molecule has 2 aromatic heterocycles. The quantitative estimate of drug-likeness (QED) is 0.680. The van der Waals surface area contributed by atoms with Crippen molar-refractivity contribution in [1.29, 1.82) is 0 Å². The van der Waals surface area contributed by atoms with Crippen LogP contribution in [0.1, 0.15) is 0 Å². The zero-order chi connectivity index (χ0) is 11.9. The van der Waals surface area contributed by atoms with Gasteiger partial charge in [-0.25, -0.2) is 9.78 Å². The van der Waals surface area contributed by atoms with Gasteiger partial charge in [-0.2, -0.15) is 0 Å². The third kappa shape index (κ3) is 1.28. The summed E-state index contributed by atoms with van der Waals surface area (Å²) in [5.41, 5.74) is 0.139. The summed E-state index contributed by atoms with van der Waals surface area (Å²) in [6.07, 6.45) is 1.54.